The molecule has 3 N–H and O–H groups in total. The van der Waals surface area contributed by atoms with Crippen molar-refractivity contribution in [2.75, 3.05) is 11.4 Å². The van der Waals surface area contributed by atoms with Crippen molar-refractivity contribution in [1.82, 2.24) is 0 Å². The molecule has 0 radical (unpaired) electrons. The minimum Gasteiger partial charge on any atom is -0.409 e. The van der Waals surface area contributed by atoms with Gasteiger partial charge in [-0.05, 0) is 29.8 Å². The number of amidine groups is 1. The van der Waals surface area contributed by atoms with E-state index in [1.165, 1.54) is 5.56 Å². The van der Waals surface area contributed by atoms with Crippen molar-refractivity contribution in [3.8, 4) is 0 Å². The zero-order valence-corrected chi connectivity index (χ0v) is 13.2. The molecule has 5 heteroatoms. The first kappa shape index (κ1) is 15.4. The van der Waals surface area contributed by atoms with E-state index in [1.807, 2.05) is 30.3 Å². The van der Waals surface area contributed by atoms with E-state index in [9.17, 15) is 0 Å². The van der Waals surface area contributed by atoms with Crippen LogP contribution in [0, 0.1) is 0 Å². The van der Waals surface area contributed by atoms with E-state index in [0.717, 1.165) is 16.7 Å². The van der Waals surface area contributed by atoms with Crippen molar-refractivity contribution in [2.45, 2.75) is 13.0 Å². The highest BCUT2D eigenvalue weighted by Gasteiger charge is 2.08. The van der Waals surface area contributed by atoms with Crippen molar-refractivity contribution >= 4 is 27.5 Å². The highest BCUT2D eigenvalue weighted by molar-refractivity contribution is 9.10. The smallest absolute Gasteiger partial charge is 0.140 e. The van der Waals surface area contributed by atoms with Gasteiger partial charge in [-0.15, -0.1) is 0 Å². The van der Waals surface area contributed by atoms with Crippen LogP contribution >= 0.6 is 15.9 Å². The molecule has 0 spiro atoms. The molecule has 0 unspecified atom stereocenters. The third kappa shape index (κ3) is 4.79. The average Bonchev–Trinajstić information content (AvgIpc) is 2.53. The number of rotatable bonds is 6. The Morgan fingerprint density at radius 3 is 2.38 bits per heavy atom. The maximum Gasteiger partial charge on any atom is 0.140 e. The maximum absolute atomic E-state index is 8.68. The number of benzene rings is 2. The van der Waals surface area contributed by atoms with Crippen LogP contribution in [0.3, 0.4) is 0 Å². The Labute approximate surface area is 133 Å². The monoisotopic (exact) mass is 347 g/mol. The van der Waals surface area contributed by atoms with Crippen molar-refractivity contribution in [1.29, 1.82) is 0 Å². The molecule has 0 saturated carbocycles. The summed E-state index contributed by atoms with van der Waals surface area (Å²) in [5, 5.41) is 11.7. The van der Waals surface area contributed by atoms with Gasteiger partial charge in [0, 0.05) is 29.7 Å². The number of nitrogens with two attached hydrogens (primary N) is 1. The Morgan fingerprint density at radius 1 is 1.10 bits per heavy atom. The molecular formula is C16H18BrN3O. The SMILES string of the molecule is N/C(CCN(Cc1ccc(Br)cc1)c1ccccc1)=N\O. The number of anilines is 1. The zero-order valence-electron chi connectivity index (χ0n) is 11.6. The Balaban J connectivity index is 2.13. The molecule has 0 atom stereocenters. The summed E-state index contributed by atoms with van der Waals surface area (Å²) in [5.74, 6) is 0.242. The van der Waals surface area contributed by atoms with Crippen molar-refractivity contribution in [3.63, 3.8) is 0 Å². The topological polar surface area (TPSA) is 61.8 Å². The first-order chi connectivity index (χ1) is 10.2. The predicted octanol–water partition coefficient (Wildman–Crippen LogP) is 3.59. The Kier molecular flexibility index (Phi) is 5.63. The molecule has 2 aromatic rings. The minimum absolute atomic E-state index is 0.242. The van der Waals surface area contributed by atoms with Gasteiger partial charge >= 0.3 is 0 Å². The second kappa shape index (κ2) is 7.69. The number of oxime groups is 1. The molecule has 0 amide bonds. The lowest BCUT2D eigenvalue weighted by atomic mass is 10.2. The third-order valence-electron chi connectivity index (χ3n) is 3.17. The van der Waals surface area contributed by atoms with Crippen LogP contribution < -0.4 is 10.6 Å². The Morgan fingerprint density at radius 2 is 1.76 bits per heavy atom. The van der Waals surface area contributed by atoms with Gasteiger partial charge in [-0.1, -0.05) is 51.4 Å². The summed E-state index contributed by atoms with van der Waals surface area (Å²) < 4.78 is 1.06. The number of hydrogen-bond donors (Lipinski definition) is 2. The van der Waals surface area contributed by atoms with Crippen LogP contribution in [0.4, 0.5) is 5.69 Å². The lowest BCUT2D eigenvalue weighted by Crippen LogP contribution is -2.27. The molecule has 4 nitrogen and oxygen atoms in total. The first-order valence-corrected chi connectivity index (χ1v) is 7.49. The quantitative estimate of drug-likeness (QED) is 0.363. The van der Waals surface area contributed by atoms with Crippen LogP contribution in [-0.4, -0.2) is 17.6 Å². The predicted molar refractivity (Wildman–Crippen MR) is 89.7 cm³/mol. The molecule has 21 heavy (non-hydrogen) atoms. The number of halogens is 1. The normalized spacial score (nSPS) is 11.4. The Hall–Kier alpha value is -2.01. The molecule has 0 aliphatic carbocycles. The molecule has 2 rings (SSSR count). The number of hydrogen-bond acceptors (Lipinski definition) is 3. The van der Waals surface area contributed by atoms with Gasteiger partial charge in [-0.25, -0.2) is 0 Å². The fourth-order valence-electron chi connectivity index (χ4n) is 2.05. The fourth-order valence-corrected chi connectivity index (χ4v) is 2.31. The molecule has 2 aromatic carbocycles. The highest BCUT2D eigenvalue weighted by Crippen LogP contribution is 2.18. The molecular weight excluding hydrogens is 330 g/mol. The van der Waals surface area contributed by atoms with Crippen molar-refractivity contribution in [3.05, 3.63) is 64.6 Å². The van der Waals surface area contributed by atoms with Crippen LogP contribution in [0.15, 0.2) is 64.2 Å². The molecule has 0 aliphatic rings. The third-order valence-corrected chi connectivity index (χ3v) is 3.70. The zero-order chi connectivity index (χ0) is 15.1. The van der Waals surface area contributed by atoms with Crippen LogP contribution in [0.5, 0.6) is 0 Å². The second-order valence-corrected chi connectivity index (χ2v) is 5.64. The van der Waals surface area contributed by atoms with E-state index < -0.39 is 0 Å². The minimum atomic E-state index is 0.242. The highest BCUT2D eigenvalue weighted by atomic mass is 79.9. The van der Waals surface area contributed by atoms with Crippen LogP contribution in [0.1, 0.15) is 12.0 Å². The van der Waals surface area contributed by atoms with E-state index >= 15 is 0 Å². The summed E-state index contributed by atoms with van der Waals surface area (Å²) in [6.07, 6.45) is 0.516. The van der Waals surface area contributed by atoms with E-state index in [0.29, 0.717) is 13.0 Å². The van der Waals surface area contributed by atoms with Gasteiger partial charge in [0.1, 0.15) is 5.84 Å². The molecule has 0 aromatic heterocycles. The van der Waals surface area contributed by atoms with Gasteiger partial charge in [0.25, 0.3) is 0 Å². The summed E-state index contributed by atoms with van der Waals surface area (Å²) >= 11 is 3.44. The van der Waals surface area contributed by atoms with Gasteiger partial charge in [0.2, 0.25) is 0 Å². The van der Waals surface area contributed by atoms with E-state index in [4.69, 9.17) is 10.9 Å². The van der Waals surface area contributed by atoms with Crippen LogP contribution in [-0.2, 0) is 6.54 Å². The largest absolute Gasteiger partial charge is 0.409 e. The molecule has 0 fully saturated rings. The van der Waals surface area contributed by atoms with Crippen LogP contribution in [0.2, 0.25) is 0 Å². The van der Waals surface area contributed by atoms with Gasteiger partial charge in [-0.2, -0.15) is 0 Å². The van der Waals surface area contributed by atoms with Crippen LogP contribution in [0.25, 0.3) is 0 Å². The summed E-state index contributed by atoms with van der Waals surface area (Å²) in [4.78, 5) is 2.21. The summed E-state index contributed by atoms with van der Waals surface area (Å²) in [7, 11) is 0. The standard InChI is InChI=1S/C16H18BrN3O/c17-14-8-6-13(7-9-14)12-20(11-10-16(18)19-21)15-4-2-1-3-5-15/h1-9,21H,10-12H2,(H2,18,19). The van der Waals surface area contributed by atoms with Gasteiger partial charge < -0.3 is 15.8 Å². The molecule has 0 saturated heterocycles. The van der Waals surface area contributed by atoms with Gasteiger partial charge in [-0.3, -0.25) is 0 Å². The molecule has 0 bridgehead atoms. The molecule has 0 heterocycles. The lowest BCUT2D eigenvalue weighted by Gasteiger charge is -2.25. The summed E-state index contributed by atoms with van der Waals surface area (Å²) in [6, 6.07) is 18.4. The first-order valence-electron chi connectivity index (χ1n) is 6.70. The average molecular weight is 348 g/mol. The van der Waals surface area contributed by atoms with Gasteiger partial charge in [0.15, 0.2) is 0 Å². The lowest BCUT2D eigenvalue weighted by molar-refractivity contribution is 0.317. The summed E-state index contributed by atoms with van der Waals surface area (Å²) in [6.45, 7) is 1.46. The Bertz CT molecular complexity index is 584. The number of nitrogens with zero attached hydrogens (tertiary/aromatic N) is 2. The second-order valence-electron chi connectivity index (χ2n) is 4.72. The van der Waals surface area contributed by atoms with Crippen molar-refractivity contribution in [2.24, 2.45) is 10.9 Å². The van der Waals surface area contributed by atoms with Gasteiger partial charge in [0.05, 0.1) is 0 Å². The maximum atomic E-state index is 8.68. The fraction of sp³-hybridized carbons (Fsp3) is 0.188. The summed E-state index contributed by atoms with van der Waals surface area (Å²) in [5.41, 5.74) is 7.91. The van der Waals surface area contributed by atoms with E-state index in [1.54, 1.807) is 0 Å². The van der Waals surface area contributed by atoms with E-state index in [-0.39, 0.29) is 5.84 Å². The van der Waals surface area contributed by atoms with Crippen molar-refractivity contribution < 1.29 is 5.21 Å². The number of para-hydroxylation sites is 1. The molecule has 0 aliphatic heterocycles. The molecule has 110 valence electrons. The van der Waals surface area contributed by atoms with E-state index in [2.05, 4.69) is 50.3 Å².